The van der Waals surface area contributed by atoms with E-state index >= 15 is 0 Å². The second-order valence-corrected chi connectivity index (χ2v) is 5.78. The zero-order valence-corrected chi connectivity index (χ0v) is 12.8. The molecular formula is C14H19BrF2N2O. The van der Waals surface area contributed by atoms with Gasteiger partial charge in [0.1, 0.15) is 11.6 Å². The minimum absolute atomic E-state index is 0.0276. The molecule has 1 aromatic carbocycles. The lowest BCUT2D eigenvalue weighted by Crippen LogP contribution is -2.45. The number of piperazine rings is 1. The molecule has 1 aliphatic rings. The van der Waals surface area contributed by atoms with Crippen molar-refractivity contribution in [3.8, 4) is 0 Å². The van der Waals surface area contributed by atoms with Gasteiger partial charge in [-0.3, -0.25) is 4.90 Å². The highest BCUT2D eigenvalue weighted by Crippen LogP contribution is 2.33. The summed E-state index contributed by atoms with van der Waals surface area (Å²) in [5, 5.41) is 12.3. The van der Waals surface area contributed by atoms with Gasteiger partial charge in [-0.1, -0.05) is 0 Å². The molecule has 0 unspecified atom stereocenters. The molecular weight excluding hydrogens is 330 g/mol. The smallest absolute Gasteiger partial charge is 0.145 e. The third-order valence-corrected chi connectivity index (χ3v) is 4.25. The molecule has 20 heavy (non-hydrogen) atoms. The fraction of sp³-hybridized carbons (Fsp3) is 0.571. The Morgan fingerprint density at radius 3 is 2.65 bits per heavy atom. The first-order chi connectivity index (χ1) is 9.65. The molecule has 1 fully saturated rings. The molecule has 0 saturated carbocycles. The minimum Gasteiger partial charge on any atom is -0.396 e. The number of halogens is 3. The average Bonchev–Trinajstić information content (AvgIpc) is 2.47. The lowest BCUT2D eigenvalue weighted by atomic mass is 9.98. The summed E-state index contributed by atoms with van der Waals surface area (Å²) in [7, 11) is 0. The van der Waals surface area contributed by atoms with E-state index in [0.717, 1.165) is 26.2 Å². The van der Waals surface area contributed by atoms with Crippen LogP contribution in [-0.4, -0.2) is 42.8 Å². The van der Waals surface area contributed by atoms with E-state index in [0.29, 0.717) is 12.8 Å². The molecule has 0 spiro atoms. The van der Waals surface area contributed by atoms with E-state index in [2.05, 4.69) is 26.1 Å². The van der Waals surface area contributed by atoms with Crippen molar-refractivity contribution >= 4 is 15.9 Å². The summed E-state index contributed by atoms with van der Waals surface area (Å²) in [6.45, 7) is 3.16. The number of nitrogens with zero attached hydrogens (tertiary/aromatic N) is 1. The van der Waals surface area contributed by atoms with Crippen LogP contribution in [-0.2, 0) is 0 Å². The van der Waals surface area contributed by atoms with Crippen LogP contribution < -0.4 is 5.32 Å². The van der Waals surface area contributed by atoms with Crippen molar-refractivity contribution in [1.29, 1.82) is 0 Å². The van der Waals surface area contributed by atoms with Gasteiger partial charge in [-0.2, -0.15) is 0 Å². The highest BCUT2D eigenvalue weighted by molar-refractivity contribution is 9.10. The van der Waals surface area contributed by atoms with Gasteiger partial charge in [-0.15, -0.1) is 0 Å². The normalized spacial score (nSPS) is 18.2. The van der Waals surface area contributed by atoms with Crippen molar-refractivity contribution in [2.24, 2.45) is 0 Å². The Morgan fingerprint density at radius 2 is 2.00 bits per heavy atom. The van der Waals surface area contributed by atoms with E-state index in [1.54, 1.807) is 0 Å². The summed E-state index contributed by atoms with van der Waals surface area (Å²) in [6.07, 6.45) is 1.07. The lowest BCUT2D eigenvalue weighted by molar-refractivity contribution is 0.148. The number of nitrogens with one attached hydrogen (secondary N) is 1. The van der Waals surface area contributed by atoms with Gasteiger partial charge < -0.3 is 10.4 Å². The van der Waals surface area contributed by atoms with Gasteiger partial charge in [0, 0.05) is 44.4 Å². The topological polar surface area (TPSA) is 35.5 Å². The van der Waals surface area contributed by atoms with Crippen molar-refractivity contribution in [1.82, 2.24) is 10.2 Å². The van der Waals surface area contributed by atoms with Gasteiger partial charge in [-0.05, 0) is 40.9 Å². The third-order valence-electron chi connectivity index (χ3n) is 3.64. The number of hydrogen-bond donors (Lipinski definition) is 2. The highest BCUT2D eigenvalue weighted by Gasteiger charge is 2.28. The maximum absolute atomic E-state index is 14.3. The monoisotopic (exact) mass is 348 g/mol. The summed E-state index contributed by atoms with van der Waals surface area (Å²) in [4.78, 5) is 2.08. The Morgan fingerprint density at radius 1 is 1.30 bits per heavy atom. The second-order valence-electron chi connectivity index (χ2n) is 4.92. The quantitative estimate of drug-likeness (QED) is 0.802. The van der Waals surface area contributed by atoms with Crippen LogP contribution in [0.2, 0.25) is 0 Å². The van der Waals surface area contributed by atoms with Crippen molar-refractivity contribution in [3.63, 3.8) is 0 Å². The van der Waals surface area contributed by atoms with Gasteiger partial charge in [0.2, 0.25) is 0 Å². The van der Waals surface area contributed by atoms with Crippen molar-refractivity contribution in [2.45, 2.75) is 18.9 Å². The van der Waals surface area contributed by atoms with Crippen LogP contribution in [0.5, 0.6) is 0 Å². The van der Waals surface area contributed by atoms with Crippen LogP contribution in [0.1, 0.15) is 24.4 Å². The summed E-state index contributed by atoms with van der Waals surface area (Å²) in [6, 6.07) is 2.34. The van der Waals surface area contributed by atoms with E-state index in [1.807, 2.05) is 0 Å². The Kier molecular flexibility index (Phi) is 5.89. The predicted octanol–water partition coefficient (Wildman–Crippen LogP) is 2.45. The molecule has 2 rings (SSSR count). The largest absolute Gasteiger partial charge is 0.396 e. The van der Waals surface area contributed by atoms with E-state index in [-0.39, 0.29) is 22.7 Å². The SMILES string of the molecule is OCCC[C@@H](c1c(F)ccc(Br)c1F)N1CCNCC1. The van der Waals surface area contributed by atoms with Gasteiger partial charge in [0.05, 0.1) is 4.47 Å². The number of hydrogen-bond acceptors (Lipinski definition) is 3. The Bertz CT molecular complexity index is 453. The molecule has 1 atom stereocenters. The van der Waals surface area contributed by atoms with E-state index in [4.69, 9.17) is 5.11 Å². The zero-order chi connectivity index (χ0) is 14.5. The number of benzene rings is 1. The van der Waals surface area contributed by atoms with Crippen LogP contribution in [0.3, 0.4) is 0 Å². The predicted molar refractivity (Wildman–Crippen MR) is 77.6 cm³/mol. The van der Waals surface area contributed by atoms with E-state index in [1.165, 1.54) is 12.1 Å². The summed E-state index contributed by atoms with van der Waals surface area (Å²) >= 11 is 3.12. The fourth-order valence-corrected chi connectivity index (χ4v) is 2.98. The summed E-state index contributed by atoms with van der Waals surface area (Å²) in [5.41, 5.74) is 0.106. The lowest BCUT2D eigenvalue weighted by Gasteiger charge is -2.35. The maximum Gasteiger partial charge on any atom is 0.145 e. The number of rotatable bonds is 5. The summed E-state index contributed by atoms with van der Waals surface area (Å²) in [5.74, 6) is -1.06. The number of aliphatic hydroxyl groups is 1. The fourth-order valence-electron chi connectivity index (χ4n) is 2.64. The third kappa shape index (κ3) is 3.55. The molecule has 0 amide bonds. The molecule has 0 bridgehead atoms. The zero-order valence-electron chi connectivity index (χ0n) is 11.2. The van der Waals surface area contributed by atoms with Crippen LogP contribution >= 0.6 is 15.9 Å². The first kappa shape index (κ1) is 15.8. The standard InChI is InChI=1S/C14H19BrF2N2O/c15-10-3-4-11(16)13(14(10)17)12(2-1-9-20)19-7-5-18-6-8-19/h3-4,12,18,20H,1-2,5-9H2/t12-/m0/s1. The van der Waals surface area contributed by atoms with Gasteiger partial charge >= 0.3 is 0 Å². The van der Waals surface area contributed by atoms with Crippen molar-refractivity contribution in [2.75, 3.05) is 32.8 Å². The first-order valence-electron chi connectivity index (χ1n) is 6.84. The molecule has 3 nitrogen and oxygen atoms in total. The highest BCUT2D eigenvalue weighted by atomic mass is 79.9. The number of aliphatic hydroxyl groups excluding tert-OH is 1. The van der Waals surface area contributed by atoms with Crippen molar-refractivity contribution < 1.29 is 13.9 Å². The average molecular weight is 349 g/mol. The van der Waals surface area contributed by atoms with Crippen LogP contribution in [0.25, 0.3) is 0 Å². The molecule has 0 aliphatic carbocycles. The van der Waals surface area contributed by atoms with Gasteiger partial charge in [0.25, 0.3) is 0 Å². The Labute approximate surface area is 126 Å². The molecule has 112 valence electrons. The van der Waals surface area contributed by atoms with Gasteiger partial charge in [-0.25, -0.2) is 8.78 Å². The van der Waals surface area contributed by atoms with Crippen LogP contribution in [0.15, 0.2) is 16.6 Å². The molecule has 1 heterocycles. The summed E-state index contributed by atoms with van der Waals surface area (Å²) < 4.78 is 28.7. The minimum atomic E-state index is -0.536. The molecule has 0 radical (unpaired) electrons. The second kappa shape index (κ2) is 7.45. The first-order valence-corrected chi connectivity index (χ1v) is 7.63. The molecule has 1 aromatic rings. The Balaban J connectivity index is 2.32. The molecule has 0 aromatic heterocycles. The molecule has 1 aliphatic heterocycles. The Hall–Kier alpha value is -0.560. The van der Waals surface area contributed by atoms with E-state index in [9.17, 15) is 8.78 Å². The van der Waals surface area contributed by atoms with Crippen LogP contribution in [0, 0.1) is 11.6 Å². The van der Waals surface area contributed by atoms with Crippen LogP contribution in [0.4, 0.5) is 8.78 Å². The van der Waals surface area contributed by atoms with Crippen molar-refractivity contribution in [3.05, 3.63) is 33.8 Å². The molecule has 6 heteroatoms. The van der Waals surface area contributed by atoms with E-state index < -0.39 is 11.6 Å². The van der Waals surface area contributed by atoms with Gasteiger partial charge in [0.15, 0.2) is 0 Å². The molecule has 2 N–H and O–H groups in total. The molecule has 1 saturated heterocycles. The maximum atomic E-state index is 14.3.